The number of guanidine groups is 1. The van der Waals surface area contributed by atoms with Gasteiger partial charge in [-0.3, -0.25) is 15.5 Å². The van der Waals surface area contributed by atoms with Crippen LogP contribution in [0, 0.1) is 5.41 Å². The summed E-state index contributed by atoms with van der Waals surface area (Å²) in [4.78, 5) is 12.7. The number of nitrogens with one attached hydrogen (secondary N) is 3. The minimum atomic E-state index is -1.08. The van der Waals surface area contributed by atoms with Gasteiger partial charge in [0.15, 0.2) is 11.5 Å². The van der Waals surface area contributed by atoms with Crippen molar-refractivity contribution in [1.29, 1.82) is 5.41 Å². The van der Waals surface area contributed by atoms with Crippen LogP contribution in [0.15, 0.2) is 84.9 Å². The van der Waals surface area contributed by atoms with Crippen LogP contribution in [0.25, 0.3) is 11.1 Å². The highest BCUT2D eigenvalue weighted by atomic mass is 16.2. The first-order valence-electron chi connectivity index (χ1n) is 8.10. The molecule has 0 bridgehead atoms. The van der Waals surface area contributed by atoms with E-state index in [-0.39, 0.29) is 11.9 Å². The normalized spacial score (nSPS) is 19.4. The molecule has 25 heavy (non-hydrogen) atoms. The van der Waals surface area contributed by atoms with E-state index in [1.807, 2.05) is 72.8 Å². The van der Waals surface area contributed by atoms with E-state index in [0.717, 1.165) is 22.3 Å². The lowest BCUT2D eigenvalue weighted by Crippen LogP contribution is -2.44. The molecular weight excluding hydrogens is 310 g/mol. The van der Waals surface area contributed by atoms with Crippen LogP contribution in [-0.2, 0) is 10.3 Å². The minimum absolute atomic E-state index is 0.0148. The van der Waals surface area contributed by atoms with Crippen molar-refractivity contribution in [1.82, 2.24) is 10.6 Å². The fourth-order valence-corrected chi connectivity index (χ4v) is 3.29. The predicted octanol–water partition coefficient (Wildman–Crippen LogP) is 3.25. The maximum Gasteiger partial charge on any atom is 0.261 e. The summed E-state index contributed by atoms with van der Waals surface area (Å²) in [5.74, 6) is -0.225. The summed E-state index contributed by atoms with van der Waals surface area (Å²) in [7, 11) is 0. The second-order valence-electron chi connectivity index (χ2n) is 6.01. The van der Waals surface area contributed by atoms with E-state index < -0.39 is 5.54 Å². The van der Waals surface area contributed by atoms with Gasteiger partial charge in [0, 0.05) is 0 Å². The third-order valence-corrected chi connectivity index (χ3v) is 4.52. The number of rotatable bonds is 3. The number of hydrogen-bond acceptors (Lipinski definition) is 2. The Morgan fingerprint density at radius 3 is 1.76 bits per heavy atom. The monoisotopic (exact) mass is 327 g/mol. The number of hydrogen-bond donors (Lipinski definition) is 3. The van der Waals surface area contributed by atoms with Crippen LogP contribution in [0.4, 0.5) is 0 Å². The Bertz CT molecular complexity index is 920. The van der Waals surface area contributed by atoms with Crippen LogP contribution >= 0.6 is 0 Å². The molecule has 3 aromatic carbocycles. The second-order valence-corrected chi connectivity index (χ2v) is 6.01. The SMILES string of the molecule is N=C1NC(=O)C(c2ccccc2)(c2ccc(-c3ccccc3)cc2)N1. The zero-order chi connectivity index (χ0) is 17.3. The molecule has 0 saturated carbocycles. The van der Waals surface area contributed by atoms with Crippen molar-refractivity contribution in [3.8, 4) is 11.1 Å². The van der Waals surface area contributed by atoms with Gasteiger partial charge in [-0.2, -0.15) is 0 Å². The van der Waals surface area contributed by atoms with Crippen molar-refractivity contribution in [3.05, 3.63) is 96.1 Å². The van der Waals surface area contributed by atoms with Crippen LogP contribution in [0.3, 0.4) is 0 Å². The van der Waals surface area contributed by atoms with E-state index in [1.54, 1.807) is 0 Å². The quantitative estimate of drug-likeness (QED) is 0.691. The van der Waals surface area contributed by atoms with Gasteiger partial charge in [-0.15, -0.1) is 0 Å². The first-order chi connectivity index (χ1) is 12.2. The Labute approximate surface area is 146 Å². The number of benzene rings is 3. The Morgan fingerprint density at radius 1 is 0.680 bits per heavy atom. The molecule has 1 unspecified atom stereocenters. The van der Waals surface area contributed by atoms with E-state index in [9.17, 15) is 4.79 Å². The fourth-order valence-electron chi connectivity index (χ4n) is 3.29. The molecule has 1 fully saturated rings. The molecule has 4 rings (SSSR count). The summed E-state index contributed by atoms with van der Waals surface area (Å²) in [6.07, 6.45) is 0. The Morgan fingerprint density at radius 2 is 1.20 bits per heavy atom. The third-order valence-electron chi connectivity index (χ3n) is 4.52. The highest BCUT2D eigenvalue weighted by Gasteiger charge is 2.47. The minimum Gasteiger partial charge on any atom is -0.334 e. The summed E-state index contributed by atoms with van der Waals surface area (Å²) in [5.41, 5.74) is 2.74. The highest BCUT2D eigenvalue weighted by molar-refractivity contribution is 6.10. The molecule has 4 heteroatoms. The summed E-state index contributed by atoms with van der Waals surface area (Å²) in [5, 5.41) is 13.5. The summed E-state index contributed by atoms with van der Waals surface area (Å²) in [6.45, 7) is 0. The molecule has 1 heterocycles. The van der Waals surface area contributed by atoms with Gasteiger partial charge in [0.2, 0.25) is 0 Å². The lowest BCUT2D eigenvalue weighted by atomic mass is 9.82. The highest BCUT2D eigenvalue weighted by Crippen LogP contribution is 2.33. The van der Waals surface area contributed by atoms with Gasteiger partial charge in [0.1, 0.15) is 0 Å². The Balaban J connectivity index is 1.82. The maximum atomic E-state index is 12.7. The molecule has 1 aliphatic heterocycles. The predicted molar refractivity (Wildman–Crippen MR) is 98.1 cm³/mol. The van der Waals surface area contributed by atoms with Gasteiger partial charge in [0.25, 0.3) is 5.91 Å². The zero-order valence-corrected chi connectivity index (χ0v) is 13.5. The molecule has 1 atom stereocenters. The first kappa shape index (κ1) is 15.1. The Hall–Kier alpha value is -3.40. The smallest absolute Gasteiger partial charge is 0.261 e. The van der Waals surface area contributed by atoms with Gasteiger partial charge in [0.05, 0.1) is 0 Å². The van der Waals surface area contributed by atoms with Gasteiger partial charge < -0.3 is 5.32 Å². The lowest BCUT2D eigenvalue weighted by Gasteiger charge is -2.27. The van der Waals surface area contributed by atoms with Crippen molar-refractivity contribution in [2.24, 2.45) is 0 Å². The van der Waals surface area contributed by atoms with Gasteiger partial charge in [-0.1, -0.05) is 84.9 Å². The van der Waals surface area contributed by atoms with Gasteiger partial charge in [-0.25, -0.2) is 0 Å². The van der Waals surface area contributed by atoms with Crippen molar-refractivity contribution in [3.63, 3.8) is 0 Å². The van der Waals surface area contributed by atoms with Crippen molar-refractivity contribution in [2.75, 3.05) is 0 Å². The van der Waals surface area contributed by atoms with Crippen molar-refractivity contribution in [2.45, 2.75) is 5.54 Å². The third kappa shape index (κ3) is 2.48. The van der Waals surface area contributed by atoms with Crippen molar-refractivity contribution >= 4 is 11.9 Å². The molecule has 0 radical (unpaired) electrons. The average molecular weight is 327 g/mol. The summed E-state index contributed by atoms with van der Waals surface area (Å²) in [6, 6.07) is 27.5. The standard InChI is InChI=1S/C21H17N3O/c22-20-23-19(25)21(24-20,17-9-5-2-6-10-17)18-13-11-16(12-14-18)15-7-3-1-4-8-15/h1-14H,(H3,22,23,24,25). The summed E-state index contributed by atoms with van der Waals surface area (Å²) < 4.78 is 0. The van der Waals surface area contributed by atoms with Crippen molar-refractivity contribution < 1.29 is 4.79 Å². The molecule has 1 aliphatic rings. The Kier molecular flexibility index (Phi) is 3.58. The zero-order valence-electron chi connectivity index (χ0n) is 13.5. The lowest BCUT2D eigenvalue weighted by molar-refractivity contribution is -0.122. The topological polar surface area (TPSA) is 65.0 Å². The van der Waals surface area contributed by atoms with Crippen LogP contribution < -0.4 is 10.6 Å². The number of carbonyl (C=O) groups excluding carboxylic acids is 1. The van der Waals surface area contributed by atoms with E-state index in [2.05, 4.69) is 22.8 Å². The van der Waals surface area contributed by atoms with Gasteiger partial charge in [-0.05, 0) is 22.3 Å². The van der Waals surface area contributed by atoms with E-state index >= 15 is 0 Å². The number of carbonyl (C=O) groups is 1. The number of amides is 1. The molecule has 3 aromatic rings. The largest absolute Gasteiger partial charge is 0.334 e. The molecular formula is C21H17N3O. The van der Waals surface area contributed by atoms with E-state index in [1.165, 1.54) is 0 Å². The average Bonchev–Trinajstić information content (AvgIpc) is 2.98. The second kappa shape index (κ2) is 5.91. The summed E-state index contributed by atoms with van der Waals surface area (Å²) >= 11 is 0. The van der Waals surface area contributed by atoms with E-state index in [4.69, 9.17) is 5.41 Å². The van der Waals surface area contributed by atoms with Crippen LogP contribution in [-0.4, -0.2) is 11.9 Å². The molecule has 4 nitrogen and oxygen atoms in total. The molecule has 0 aliphatic carbocycles. The van der Waals surface area contributed by atoms with Gasteiger partial charge >= 0.3 is 0 Å². The molecule has 3 N–H and O–H groups in total. The molecule has 1 amide bonds. The molecule has 122 valence electrons. The van der Waals surface area contributed by atoms with E-state index in [0.29, 0.717) is 0 Å². The van der Waals surface area contributed by atoms with Crippen LogP contribution in [0.1, 0.15) is 11.1 Å². The molecule has 1 saturated heterocycles. The van der Waals surface area contributed by atoms with Crippen LogP contribution in [0.5, 0.6) is 0 Å². The van der Waals surface area contributed by atoms with Crippen LogP contribution in [0.2, 0.25) is 0 Å². The molecule has 0 spiro atoms. The first-order valence-corrected chi connectivity index (χ1v) is 8.10. The molecule has 0 aromatic heterocycles. The fraction of sp³-hybridized carbons (Fsp3) is 0.0476. The maximum absolute atomic E-state index is 12.7.